The van der Waals surface area contributed by atoms with Gasteiger partial charge in [-0.1, -0.05) is 30.3 Å². The summed E-state index contributed by atoms with van der Waals surface area (Å²) in [7, 11) is 1.66. The molecule has 0 aliphatic rings. The third kappa shape index (κ3) is 2.75. The minimum atomic E-state index is -0.111. The summed E-state index contributed by atoms with van der Waals surface area (Å²) >= 11 is 0. The summed E-state index contributed by atoms with van der Waals surface area (Å²) in [4.78, 5) is 16.2. The third-order valence-electron chi connectivity index (χ3n) is 4.51. The molecule has 4 rings (SSSR count). The molecule has 0 atom stereocenters. The van der Waals surface area contributed by atoms with Crippen LogP contribution in [-0.2, 0) is 13.6 Å². The first-order chi connectivity index (χ1) is 12.5. The van der Waals surface area contributed by atoms with Gasteiger partial charge in [-0.25, -0.2) is 9.67 Å². The van der Waals surface area contributed by atoms with E-state index in [0.717, 1.165) is 33.4 Å². The van der Waals surface area contributed by atoms with Crippen LogP contribution < -0.4 is 11.3 Å². The number of imidazole rings is 1. The van der Waals surface area contributed by atoms with Crippen molar-refractivity contribution >= 4 is 17.0 Å². The fourth-order valence-electron chi connectivity index (χ4n) is 3.17. The molecule has 0 unspecified atom stereocenters. The molecule has 2 aromatic carbocycles. The Bertz CT molecular complexity index is 1170. The van der Waals surface area contributed by atoms with E-state index >= 15 is 0 Å². The molecule has 2 heterocycles. The summed E-state index contributed by atoms with van der Waals surface area (Å²) in [5.74, 6) is 0.494. The van der Waals surface area contributed by atoms with Crippen LogP contribution in [0.25, 0.3) is 22.3 Å². The highest BCUT2D eigenvalue weighted by Gasteiger charge is 2.10. The van der Waals surface area contributed by atoms with Gasteiger partial charge in [0.15, 0.2) is 0 Å². The van der Waals surface area contributed by atoms with Gasteiger partial charge in [0, 0.05) is 18.7 Å². The number of rotatable bonds is 3. The summed E-state index contributed by atoms with van der Waals surface area (Å²) < 4.78 is 3.35. The number of benzene rings is 2. The van der Waals surface area contributed by atoms with E-state index in [1.807, 2.05) is 47.9 Å². The van der Waals surface area contributed by atoms with Crippen molar-refractivity contribution in [2.24, 2.45) is 7.05 Å². The zero-order valence-corrected chi connectivity index (χ0v) is 14.7. The van der Waals surface area contributed by atoms with Crippen LogP contribution >= 0.6 is 0 Å². The SMILES string of the molecule is Cc1cc(=O)n(C)nc1-c1cccc(Cn2c(N)nc3ccccc32)c1. The van der Waals surface area contributed by atoms with E-state index in [1.54, 1.807) is 13.1 Å². The molecule has 0 bridgehead atoms. The van der Waals surface area contributed by atoms with Crippen LogP contribution in [0.1, 0.15) is 11.1 Å². The lowest BCUT2D eigenvalue weighted by molar-refractivity contribution is 0.708. The molecular formula is C20H19N5O. The van der Waals surface area contributed by atoms with Gasteiger partial charge in [0.1, 0.15) is 0 Å². The molecule has 2 aromatic heterocycles. The molecule has 0 fully saturated rings. The third-order valence-corrected chi connectivity index (χ3v) is 4.51. The van der Waals surface area contributed by atoms with E-state index in [-0.39, 0.29) is 5.56 Å². The molecule has 0 radical (unpaired) electrons. The van der Waals surface area contributed by atoms with Gasteiger partial charge in [-0.2, -0.15) is 5.10 Å². The fraction of sp³-hybridized carbons (Fsp3) is 0.150. The number of aryl methyl sites for hydroxylation is 2. The summed E-state index contributed by atoms with van der Waals surface area (Å²) in [5.41, 5.74) is 11.6. The van der Waals surface area contributed by atoms with Gasteiger partial charge in [-0.05, 0) is 36.2 Å². The second-order valence-corrected chi connectivity index (χ2v) is 6.38. The quantitative estimate of drug-likeness (QED) is 0.619. The zero-order chi connectivity index (χ0) is 18.3. The number of nitrogen functional groups attached to an aromatic ring is 1. The lowest BCUT2D eigenvalue weighted by atomic mass is 10.0. The van der Waals surface area contributed by atoms with Crippen LogP contribution in [0.3, 0.4) is 0 Å². The fourth-order valence-corrected chi connectivity index (χ4v) is 3.17. The van der Waals surface area contributed by atoms with Gasteiger partial charge >= 0.3 is 0 Å². The van der Waals surface area contributed by atoms with Gasteiger partial charge in [0.05, 0.1) is 23.3 Å². The number of para-hydroxylation sites is 2. The number of nitrogens with two attached hydrogens (primary N) is 1. The van der Waals surface area contributed by atoms with Crippen molar-refractivity contribution in [3.63, 3.8) is 0 Å². The average Bonchev–Trinajstić information content (AvgIpc) is 2.94. The molecule has 0 spiro atoms. The number of anilines is 1. The van der Waals surface area contributed by atoms with E-state index in [2.05, 4.69) is 22.2 Å². The maximum Gasteiger partial charge on any atom is 0.266 e. The number of fused-ring (bicyclic) bond motifs is 1. The predicted molar refractivity (Wildman–Crippen MR) is 103 cm³/mol. The highest BCUT2D eigenvalue weighted by Crippen LogP contribution is 2.23. The Morgan fingerprint density at radius 1 is 1.08 bits per heavy atom. The summed E-state index contributed by atoms with van der Waals surface area (Å²) in [6, 6.07) is 17.6. The van der Waals surface area contributed by atoms with Gasteiger partial charge in [0.25, 0.3) is 5.56 Å². The van der Waals surface area contributed by atoms with E-state index in [4.69, 9.17) is 5.73 Å². The molecule has 0 aliphatic carbocycles. The minimum Gasteiger partial charge on any atom is -0.369 e. The highest BCUT2D eigenvalue weighted by atomic mass is 16.1. The maximum atomic E-state index is 11.7. The second-order valence-electron chi connectivity index (χ2n) is 6.38. The van der Waals surface area contributed by atoms with Crippen molar-refractivity contribution in [3.8, 4) is 11.3 Å². The van der Waals surface area contributed by atoms with Gasteiger partial charge < -0.3 is 10.3 Å². The van der Waals surface area contributed by atoms with Crippen LogP contribution in [0.5, 0.6) is 0 Å². The molecule has 26 heavy (non-hydrogen) atoms. The van der Waals surface area contributed by atoms with Crippen molar-refractivity contribution < 1.29 is 0 Å². The molecular weight excluding hydrogens is 326 g/mol. The smallest absolute Gasteiger partial charge is 0.266 e. The van der Waals surface area contributed by atoms with E-state index in [0.29, 0.717) is 12.5 Å². The first-order valence-electron chi connectivity index (χ1n) is 8.38. The van der Waals surface area contributed by atoms with Crippen molar-refractivity contribution in [1.29, 1.82) is 0 Å². The zero-order valence-electron chi connectivity index (χ0n) is 14.7. The van der Waals surface area contributed by atoms with Crippen molar-refractivity contribution in [2.75, 3.05) is 5.73 Å². The molecule has 0 aliphatic heterocycles. The van der Waals surface area contributed by atoms with Gasteiger partial charge in [-0.3, -0.25) is 4.79 Å². The van der Waals surface area contributed by atoms with Crippen molar-refractivity contribution in [1.82, 2.24) is 19.3 Å². The monoisotopic (exact) mass is 345 g/mol. The maximum absolute atomic E-state index is 11.7. The molecule has 0 amide bonds. The second kappa shape index (κ2) is 6.15. The number of nitrogens with zero attached hydrogens (tertiary/aromatic N) is 4. The minimum absolute atomic E-state index is 0.111. The summed E-state index contributed by atoms with van der Waals surface area (Å²) in [5, 5.41) is 4.41. The predicted octanol–water partition coefficient (Wildman–Crippen LogP) is 2.74. The Morgan fingerprint density at radius 3 is 2.73 bits per heavy atom. The molecule has 4 aromatic rings. The topological polar surface area (TPSA) is 78.7 Å². The lowest BCUT2D eigenvalue weighted by Crippen LogP contribution is -2.19. The van der Waals surface area contributed by atoms with Crippen LogP contribution in [0.15, 0.2) is 59.4 Å². The van der Waals surface area contributed by atoms with Crippen LogP contribution in [-0.4, -0.2) is 19.3 Å². The first-order valence-corrected chi connectivity index (χ1v) is 8.38. The van der Waals surface area contributed by atoms with Crippen LogP contribution in [0.4, 0.5) is 5.95 Å². The standard InChI is InChI=1S/C20H19N5O/c1-13-10-18(26)24(2)23-19(13)15-7-5-6-14(11-15)12-25-17-9-4-3-8-16(17)22-20(25)21/h3-11H,12H2,1-2H3,(H2,21,22). The Balaban J connectivity index is 1.76. The number of aromatic nitrogens is 4. The molecule has 6 heteroatoms. The Hall–Kier alpha value is -3.41. The Labute approximate surface area is 150 Å². The summed E-state index contributed by atoms with van der Waals surface area (Å²) in [6.07, 6.45) is 0. The molecule has 0 saturated carbocycles. The normalized spacial score (nSPS) is 11.2. The molecule has 2 N–H and O–H groups in total. The van der Waals surface area contributed by atoms with Gasteiger partial charge in [-0.15, -0.1) is 0 Å². The molecule has 6 nitrogen and oxygen atoms in total. The van der Waals surface area contributed by atoms with Crippen molar-refractivity contribution in [2.45, 2.75) is 13.5 Å². The summed E-state index contributed by atoms with van der Waals surface area (Å²) in [6.45, 7) is 2.52. The number of hydrogen-bond acceptors (Lipinski definition) is 4. The van der Waals surface area contributed by atoms with E-state index < -0.39 is 0 Å². The van der Waals surface area contributed by atoms with Crippen LogP contribution in [0.2, 0.25) is 0 Å². The largest absolute Gasteiger partial charge is 0.369 e. The molecule has 130 valence electrons. The van der Waals surface area contributed by atoms with Crippen molar-refractivity contribution in [3.05, 3.63) is 76.1 Å². The van der Waals surface area contributed by atoms with E-state index in [1.165, 1.54) is 4.68 Å². The number of hydrogen-bond donors (Lipinski definition) is 1. The van der Waals surface area contributed by atoms with E-state index in [9.17, 15) is 4.79 Å². The van der Waals surface area contributed by atoms with Crippen LogP contribution in [0, 0.1) is 6.92 Å². The Kier molecular flexibility index (Phi) is 3.80. The average molecular weight is 345 g/mol. The Morgan fingerprint density at radius 2 is 1.88 bits per heavy atom. The lowest BCUT2D eigenvalue weighted by Gasteiger charge is -2.10. The first kappa shape index (κ1) is 16.1. The highest BCUT2D eigenvalue weighted by molar-refractivity contribution is 5.78. The van der Waals surface area contributed by atoms with Gasteiger partial charge in [0.2, 0.25) is 5.95 Å². The molecule has 0 saturated heterocycles.